The van der Waals surface area contributed by atoms with E-state index in [4.69, 9.17) is 23.2 Å². The fraction of sp³-hybridized carbons (Fsp3) is 0.727. The van der Waals surface area contributed by atoms with Crippen molar-refractivity contribution in [1.29, 1.82) is 0 Å². The number of hydrogen-bond donors (Lipinski definition) is 2. The number of fused-ring (bicyclic) bond motifs is 1. The normalized spacial score (nSPS) is 28.4. The third-order valence-corrected chi connectivity index (χ3v) is 8.08. The van der Waals surface area contributed by atoms with Gasteiger partial charge in [0, 0.05) is 24.3 Å². The summed E-state index contributed by atoms with van der Waals surface area (Å²) in [6.45, 7) is 2.80. The third-order valence-electron chi connectivity index (χ3n) is 7.35. The van der Waals surface area contributed by atoms with Crippen molar-refractivity contribution < 1.29 is 37.0 Å². The van der Waals surface area contributed by atoms with Crippen LogP contribution in [0.25, 0.3) is 0 Å². The Balaban J connectivity index is 1.80. The zero-order valence-corrected chi connectivity index (χ0v) is 20.1. The number of aromatic nitrogens is 1. The lowest BCUT2D eigenvalue weighted by Crippen LogP contribution is -2.55. The van der Waals surface area contributed by atoms with Crippen LogP contribution in [0.15, 0.2) is 6.20 Å². The predicted molar refractivity (Wildman–Crippen MR) is 116 cm³/mol. The van der Waals surface area contributed by atoms with Gasteiger partial charge in [0.15, 0.2) is 11.7 Å². The Hall–Kier alpha value is -1.23. The van der Waals surface area contributed by atoms with Crippen molar-refractivity contribution in [2.24, 2.45) is 17.8 Å². The first-order chi connectivity index (χ1) is 15.7. The van der Waals surface area contributed by atoms with Crippen LogP contribution in [0.5, 0.6) is 0 Å². The molecule has 192 valence electrons. The van der Waals surface area contributed by atoms with Crippen LogP contribution in [0, 0.1) is 17.8 Å². The summed E-state index contributed by atoms with van der Waals surface area (Å²) in [4.78, 5) is 18.4. The highest BCUT2D eigenvalue weighted by Gasteiger charge is 2.51. The summed E-state index contributed by atoms with van der Waals surface area (Å²) >= 11 is 12.4. The summed E-state index contributed by atoms with van der Waals surface area (Å²) in [5.74, 6) is -1.92. The second-order valence-electron chi connectivity index (χ2n) is 9.40. The molecule has 2 heterocycles. The lowest BCUT2D eigenvalue weighted by atomic mass is 9.64. The Morgan fingerprint density at radius 3 is 2.47 bits per heavy atom. The molecule has 0 bridgehead atoms. The average molecular weight is 533 g/mol. The lowest BCUT2D eigenvalue weighted by molar-refractivity contribution is -0.233. The average Bonchev–Trinajstić information content (AvgIpc) is 2.75. The monoisotopic (exact) mass is 532 g/mol. The number of rotatable bonds is 5. The van der Waals surface area contributed by atoms with E-state index in [-0.39, 0.29) is 46.8 Å². The van der Waals surface area contributed by atoms with Gasteiger partial charge in [-0.1, -0.05) is 29.6 Å². The minimum Gasteiger partial charge on any atom is -0.383 e. The van der Waals surface area contributed by atoms with Crippen LogP contribution in [-0.4, -0.2) is 57.3 Å². The smallest absolute Gasteiger partial charge is 0.383 e. The van der Waals surface area contributed by atoms with E-state index in [0.717, 1.165) is 13.1 Å². The van der Waals surface area contributed by atoms with Crippen molar-refractivity contribution in [3.63, 3.8) is 0 Å². The van der Waals surface area contributed by atoms with Crippen LogP contribution >= 0.6 is 23.2 Å². The van der Waals surface area contributed by atoms with Crippen LogP contribution < -0.4 is 0 Å². The van der Waals surface area contributed by atoms with Gasteiger partial charge in [-0.2, -0.15) is 13.2 Å². The number of aliphatic hydroxyl groups is 2. The van der Waals surface area contributed by atoms with E-state index in [2.05, 4.69) is 4.98 Å². The van der Waals surface area contributed by atoms with Gasteiger partial charge in [-0.05, 0) is 50.9 Å². The number of likely N-dealkylation sites (tertiary alicyclic amines) is 1. The minimum absolute atomic E-state index is 0.0271. The van der Waals surface area contributed by atoms with Crippen LogP contribution in [0.2, 0.25) is 10.0 Å². The van der Waals surface area contributed by atoms with E-state index in [1.165, 1.54) is 0 Å². The number of alkyl halides is 5. The van der Waals surface area contributed by atoms with E-state index in [9.17, 15) is 37.0 Å². The molecule has 1 aromatic rings. The second kappa shape index (κ2) is 10.0. The molecule has 2 aliphatic rings. The molecule has 0 radical (unpaired) electrons. The molecule has 2 N–H and O–H groups in total. The number of hydrogen-bond acceptors (Lipinski definition) is 4. The quantitative estimate of drug-likeness (QED) is 0.524. The summed E-state index contributed by atoms with van der Waals surface area (Å²) in [6, 6.07) is -0.391. The molecule has 1 aromatic heterocycles. The van der Waals surface area contributed by atoms with Crippen LogP contribution in [0.3, 0.4) is 0 Å². The summed E-state index contributed by atoms with van der Waals surface area (Å²) < 4.78 is 66.1. The van der Waals surface area contributed by atoms with Crippen molar-refractivity contribution in [2.75, 3.05) is 6.54 Å². The number of amides is 1. The maximum Gasteiger partial charge on any atom is 0.414 e. The lowest BCUT2D eigenvalue weighted by Gasteiger charge is -2.50. The molecule has 0 spiro atoms. The number of carbonyl (C=O) groups excluding carboxylic acids is 1. The van der Waals surface area contributed by atoms with E-state index in [1.807, 2.05) is 0 Å². The molecular weight excluding hydrogens is 506 g/mol. The Kier molecular flexibility index (Phi) is 8.07. The van der Waals surface area contributed by atoms with E-state index in [0.29, 0.717) is 19.3 Å². The fourth-order valence-electron chi connectivity index (χ4n) is 5.45. The summed E-state index contributed by atoms with van der Waals surface area (Å²) in [5, 5.41) is 19.6. The predicted octanol–water partition coefficient (Wildman–Crippen LogP) is 4.98. The van der Waals surface area contributed by atoms with Gasteiger partial charge in [0.2, 0.25) is 5.91 Å². The highest BCUT2D eigenvalue weighted by Crippen LogP contribution is 2.47. The number of nitrogens with zero attached hydrogens (tertiary/aromatic N) is 2. The first kappa shape index (κ1) is 27.4. The van der Waals surface area contributed by atoms with Gasteiger partial charge in [-0.3, -0.25) is 9.78 Å². The molecule has 2 fully saturated rings. The van der Waals surface area contributed by atoms with Crippen molar-refractivity contribution in [1.82, 2.24) is 9.88 Å². The van der Waals surface area contributed by atoms with Gasteiger partial charge in [-0.25, -0.2) is 8.78 Å². The van der Waals surface area contributed by atoms with E-state index in [1.54, 1.807) is 11.8 Å². The number of piperidine rings is 1. The molecule has 6 atom stereocenters. The number of halogens is 7. The van der Waals surface area contributed by atoms with Gasteiger partial charge in [0.05, 0.1) is 22.2 Å². The Morgan fingerprint density at radius 1 is 1.24 bits per heavy atom. The fourth-order valence-corrected chi connectivity index (χ4v) is 6.11. The van der Waals surface area contributed by atoms with Gasteiger partial charge in [0.25, 0.3) is 6.43 Å². The van der Waals surface area contributed by atoms with Gasteiger partial charge in [-0.15, -0.1) is 0 Å². The van der Waals surface area contributed by atoms with Crippen LogP contribution in [0.1, 0.15) is 50.8 Å². The Bertz CT molecular complexity index is 915. The van der Waals surface area contributed by atoms with E-state index >= 15 is 0 Å². The van der Waals surface area contributed by atoms with Crippen molar-refractivity contribution in [3.05, 3.63) is 27.5 Å². The van der Waals surface area contributed by atoms with Crippen LogP contribution in [-0.2, 0) is 16.8 Å². The topological polar surface area (TPSA) is 73.7 Å². The molecule has 0 aromatic carbocycles. The number of carbonyl (C=O) groups is 1. The molecule has 34 heavy (non-hydrogen) atoms. The SMILES string of the molecule is C[C@H]1[C@H]2CCC[C@@H]([C@@H](O)C(F)(F)F)[C@@H]2CCN1C(=O)Cc1c(Cl)cnc(C(C)(O)C(F)F)c1Cl. The van der Waals surface area contributed by atoms with Gasteiger partial charge >= 0.3 is 6.18 Å². The number of aliphatic hydroxyl groups excluding tert-OH is 1. The largest absolute Gasteiger partial charge is 0.414 e. The molecule has 1 unspecified atom stereocenters. The molecule has 1 saturated carbocycles. The van der Waals surface area contributed by atoms with Crippen LogP contribution in [0.4, 0.5) is 22.0 Å². The van der Waals surface area contributed by atoms with Crippen molar-refractivity contribution in [3.8, 4) is 0 Å². The first-order valence-corrected chi connectivity index (χ1v) is 11.8. The summed E-state index contributed by atoms with van der Waals surface area (Å²) in [5.41, 5.74) is -3.11. The van der Waals surface area contributed by atoms with Gasteiger partial charge < -0.3 is 15.1 Å². The second-order valence-corrected chi connectivity index (χ2v) is 10.2. The Labute approximate surface area is 204 Å². The van der Waals surface area contributed by atoms with Crippen molar-refractivity contribution >= 4 is 29.1 Å². The summed E-state index contributed by atoms with van der Waals surface area (Å²) in [7, 11) is 0. The molecule has 3 rings (SSSR count). The maximum atomic E-state index is 13.3. The molecule has 5 nitrogen and oxygen atoms in total. The highest BCUT2D eigenvalue weighted by atomic mass is 35.5. The maximum absolute atomic E-state index is 13.3. The Morgan fingerprint density at radius 2 is 1.88 bits per heavy atom. The highest BCUT2D eigenvalue weighted by molar-refractivity contribution is 6.36. The molecule has 1 aliphatic carbocycles. The molecule has 1 amide bonds. The third kappa shape index (κ3) is 5.15. The number of pyridine rings is 1. The van der Waals surface area contributed by atoms with Gasteiger partial charge in [0.1, 0.15) is 0 Å². The zero-order valence-electron chi connectivity index (χ0n) is 18.6. The molecule has 12 heteroatoms. The molecular formula is C22H27Cl2F5N2O3. The molecule has 1 saturated heterocycles. The first-order valence-electron chi connectivity index (χ1n) is 11.1. The van der Waals surface area contributed by atoms with Crippen molar-refractivity contribution in [2.45, 2.75) is 76.3 Å². The summed E-state index contributed by atoms with van der Waals surface area (Å²) in [6.07, 6.45) is -7.86. The molecule has 1 aliphatic heterocycles. The minimum atomic E-state index is -4.70. The zero-order chi connectivity index (χ0) is 25.6. The van der Waals surface area contributed by atoms with E-state index < -0.39 is 47.9 Å². The standard InChI is InChI=1S/C22H27Cl2F5N2O3/c1-10-11-4-3-5-13(19(33)22(27,28)29)12(11)6-7-31(10)16(32)8-14-15(23)9-30-18(17(14)24)21(2,34)20(25)26/h9-13,19-20,33-34H,3-8H2,1-2H3/t10-,11+,12+,13+,19+,21?/m0/s1.